The van der Waals surface area contributed by atoms with Gasteiger partial charge in [0.05, 0.1) is 11.0 Å². The lowest BCUT2D eigenvalue weighted by Gasteiger charge is -2.15. The first-order chi connectivity index (χ1) is 13.2. The van der Waals surface area contributed by atoms with Crippen molar-refractivity contribution >= 4 is 17.6 Å². The SMILES string of the molecule is CC(C)c1ccc(C(=O)NC(C)c2ccc(OCC(=O)O)cc2)cc1[N+](=O)[O-]. The molecule has 2 aromatic rings. The summed E-state index contributed by atoms with van der Waals surface area (Å²) < 4.78 is 5.07. The fraction of sp³-hybridized carbons (Fsp3) is 0.300. The molecule has 2 aromatic carbocycles. The van der Waals surface area contributed by atoms with Crippen molar-refractivity contribution in [1.29, 1.82) is 0 Å². The zero-order chi connectivity index (χ0) is 20.8. The van der Waals surface area contributed by atoms with Crippen LogP contribution in [0.15, 0.2) is 42.5 Å². The van der Waals surface area contributed by atoms with Crippen LogP contribution in [0.2, 0.25) is 0 Å². The minimum absolute atomic E-state index is 0.0294. The van der Waals surface area contributed by atoms with Crippen molar-refractivity contribution in [2.45, 2.75) is 32.7 Å². The van der Waals surface area contributed by atoms with Gasteiger partial charge in [0.1, 0.15) is 5.75 Å². The number of nitrogens with zero attached hydrogens (tertiary/aromatic N) is 1. The number of nitro groups is 1. The maximum absolute atomic E-state index is 12.5. The molecule has 1 unspecified atom stereocenters. The lowest BCUT2D eigenvalue weighted by atomic mass is 9.99. The lowest BCUT2D eigenvalue weighted by molar-refractivity contribution is -0.385. The Morgan fingerprint density at radius 3 is 2.32 bits per heavy atom. The van der Waals surface area contributed by atoms with E-state index in [0.29, 0.717) is 11.3 Å². The molecule has 28 heavy (non-hydrogen) atoms. The third-order valence-electron chi connectivity index (χ3n) is 4.20. The van der Waals surface area contributed by atoms with Crippen LogP contribution in [0.1, 0.15) is 54.2 Å². The molecule has 1 atom stereocenters. The second-order valence-electron chi connectivity index (χ2n) is 6.63. The average molecular weight is 386 g/mol. The lowest BCUT2D eigenvalue weighted by Crippen LogP contribution is -2.26. The number of hydrogen-bond acceptors (Lipinski definition) is 5. The highest BCUT2D eigenvalue weighted by Crippen LogP contribution is 2.27. The molecule has 0 heterocycles. The van der Waals surface area contributed by atoms with E-state index < -0.39 is 23.4 Å². The van der Waals surface area contributed by atoms with Crippen LogP contribution in [-0.4, -0.2) is 28.5 Å². The first-order valence-corrected chi connectivity index (χ1v) is 8.72. The van der Waals surface area contributed by atoms with Crippen molar-refractivity contribution in [2.75, 3.05) is 6.61 Å². The van der Waals surface area contributed by atoms with Gasteiger partial charge in [0.15, 0.2) is 6.61 Å². The van der Waals surface area contributed by atoms with E-state index in [4.69, 9.17) is 9.84 Å². The molecular weight excluding hydrogens is 364 g/mol. The second-order valence-corrected chi connectivity index (χ2v) is 6.63. The van der Waals surface area contributed by atoms with Gasteiger partial charge in [-0.3, -0.25) is 14.9 Å². The summed E-state index contributed by atoms with van der Waals surface area (Å²) in [6.07, 6.45) is 0. The smallest absolute Gasteiger partial charge is 0.341 e. The van der Waals surface area contributed by atoms with E-state index in [1.54, 1.807) is 43.3 Å². The number of carbonyl (C=O) groups excluding carboxylic acids is 1. The van der Waals surface area contributed by atoms with Gasteiger partial charge < -0.3 is 15.2 Å². The monoisotopic (exact) mass is 386 g/mol. The fourth-order valence-corrected chi connectivity index (χ4v) is 2.69. The van der Waals surface area contributed by atoms with Crippen LogP contribution in [0.25, 0.3) is 0 Å². The molecule has 1 amide bonds. The Morgan fingerprint density at radius 1 is 1.14 bits per heavy atom. The van der Waals surface area contributed by atoms with E-state index >= 15 is 0 Å². The summed E-state index contributed by atoms with van der Waals surface area (Å²) in [6.45, 7) is 5.06. The molecule has 0 aliphatic rings. The van der Waals surface area contributed by atoms with Gasteiger partial charge in [-0.15, -0.1) is 0 Å². The number of benzene rings is 2. The summed E-state index contributed by atoms with van der Waals surface area (Å²) in [5.41, 5.74) is 1.50. The van der Waals surface area contributed by atoms with Gasteiger partial charge >= 0.3 is 5.97 Å². The number of aliphatic carboxylic acids is 1. The molecule has 0 saturated carbocycles. The standard InChI is InChI=1S/C20H22N2O6/c1-12(2)17-9-6-15(10-18(17)22(26)27)20(25)21-13(3)14-4-7-16(8-5-14)28-11-19(23)24/h4-10,12-13H,11H2,1-3H3,(H,21,25)(H,23,24). The normalized spacial score (nSPS) is 11.7. The Morgan fingerprint density at radius 2 is 1.79 bits per heavy atom. The summed E-state index contributed by atoms with van der Waals surface area (Å²) >= 11 is 0. The number of nitro benzene ring substituents is 1. The van der Waals surface area contributed by atoms with Crippen LogP contribution >= 0.6 is 0 Å². The molecule has 148 valence electrons. The fourth-order valence-electron chi connectivity index (χ4n) is 2.69. The zero-order valence-corrected chi connectivity index (χ0v) is 15.8. The number of carboxylic acid groups (broad SMARTS) is 1. The van der Waals surface area contributed by atoms with Crippen molar-refractivity contribution < 1.29 is 24.4 Å². The highest BCUT2D eigenvalue weighted by Gasteiger charge is 2.20. The first kappa shape index (κ1) is 20.9. The quantitative estimate of drug-likeness (QED) is 0.528. The topological polar surface area (TPSA) is 119 Å². The largest absolute Gasteiger partial charge is 0.482 e. The third-order valence-corrected chi connectivity index (χ3v) is 4.20. The van der Waals surface area contributed by atoms with Gasteiger partial charge in [-0.2, -0.15) is 0 Å². The number of rotatable bonds is 8. The predicted octanol–water partition coefficient (Wildman–Crippen LogP) is 3.67. The number of carbonyl (C=O) groups is 2. The molecule has 0 radical (unpaired) electrons. The predicted molar refractivity (Wildman–Crippen MR) is 103 cm³/mol. The average Bonchev–Trinajstić information content (AvgIpc) is 2.65. The van der Waals surface area contributed by atoms with Crippen LogP contribution in [0.3, 0.4) is 0 Å². The van der Waals surface area contributed by atoms with Gasteiger partial charge in [0.25, 0.3) is 11.6 Å². The van der Waals surface area contributed by atoms with E-state index in [0.717, 1.165) is 5.56 Å². The van der Waals surface area contributed by atoms with Gasteiger partial charge in [-0.1, -0.05) is 32.0 Å². The van der Waals surface area contributed by atoms with E-state index in [2.05, 4.69) is 5.32 Å². The van der Waals surface area contributed by atoms with Crippen LogP contribution in [0.4, 0.5) is 5.69 Å². The second kappa shape index (κ2) is 8.98. The van der Waals surface area contributed by atoms with Crippen LogP contribution in [-0.2, 0) is 4.79 Å². The van der Waals surface area contributed by atoms with Crippen molar-refractivity contribution in [3.05, 3.63) is 69.3 Å². The molecule has 0 aromatic heterocycles. The van der Waals surface area contributed by atoms with Gasteiger partial charge in [-0.05, 0) is 36.6 Å². The van der Waals surface area contributed by atoms with Crippen molar-refractivity contribution in [2.24, 2.45) is 0 Å². The molecule has 0 spiro atoms. The van der Waals surface area contributed by atoms with E-state index in [1.165, 1.54) is 6.07 Å². The molecule has 0 fully saturated rings. The third kappa shape index (κ3) is 5.29. The first-order valence-electron chi connectivity index (χ1n) is 8.72. The molecule has 2 rings (SSSR count). The van der Waals surface area contributed by atoms with Crippen LogP contribution < -0.4 is 10.1 Å². The number of amides is 1. The van der Waals surface area contributed by atoms with Crippen LogP contribution in [0, 0.1) is 10.1 Å². The van der Waals surface area contributed by atoms with Crippen molar-refractivity contribution in [3.8, 4) is 5.75 Å². The Kier molecular flexibility index (Phi) is 6.70. The highest BCUT2D eigenvalue weighted by molar-refractivity contribution is 5.95. The number of ether oxygens (including phenoxy) is 1. The van der Waals surface area contributed by atoms with Crippen molar-refractivity contribution in [1.82, 2.24) is 5.32 Å². The highest BCUT2D eigenvalue weighted by atomic mass is 16.6. The number of nitrogens with one attached hydrogen (secondary N) is 1. The zero-order valence-electron chi connectivity index (χ0n) is 15.8. The molecule has 0 saturated heterocycles. The minimum atomic E-state index is -1.07. The minimum Gasteiger partial charge on any atom is -0.482 e. The Balaban J connectivity index is 2.10. The van der Waals surface area contributed by atoms with Crippen LogP contribution in [0.5, 0.6) is 5.75 Å². The molecule has 2 N–H and O–H groups in total. The van der Waals surface area contributed by atoms with E-state index in [-0.39, 0.29) is 23.2 Å². The molecular formula is C20H22N2O6. The van der Waals surface area contributed by atoms with Crippen molar-refractivity contribution in [3.63, 3.8) is 0 Å². The summed E-state index contributed by atoms with van der Waals surface area (Å²) in [5.74, 6) is -1.11. The number of hydrogen-bond donors (Lipinski definition) is 2. The molecule has 0 aliphatic heterocycles. The van der Waals surface area contributed by atoms with Gasteiger partial charge in [0.2, 0.25) is 0 Å². The molecule has 8 nitrogen and oxygen atoms in total. The van der Waals surface area contributed by atoms with E-state index in [9.17, 15) is 19.7 Å². The van der Waals surface area contributed by atoms with Gasteiger partial charge in [0, 0.05) is 17.2 Å². The summed E-state index contributed by atoms with van der Waals surface area (Å²) in [5, 5.41) is 22.7. The molecule has 8 heteroatoms. The Hall–Kier alpha value is -3.42. The summed E-state index contributed by atoms with van der Waals surface area (Å²) in [4.78, 5) is 33.8. The molecule has 0 aliphatic carbocycles. The van der Waals surface area contributed by atoms with Gasteiger partial charge in [-0.25, -0.2) is 4.79 Å². The number of carboxylic acids is 1. The maximum Gasteiger partial charge on any atom is 0.341 e. The maximum atomic E-state index is 12.5. The Labute approximate surface area is 162 Å². The Bertz CT molecular complexity index is 877. The summed E-state index contributed by atoms with van der Waals surface area (Å²) in [6, 6.07) is 10.8. The molecule has 0 bridgehead atoms. The summed E-state index contributed by atoms with van der Waals surface area (Å²) in [7, 11) is 0. The van der Waals surface area contributed by atoms with E-state index in [1.807, 2.05) is 13.8 Å².